The zero-order chi connectivity index (χ0) is 12.4. The van der Waals surface area contributed by atoms with Crippen molar-refractivity contribution in [1.82, 2.24) is 10.6 Å². The van der Waals surface area contributed by atoms with Crippen LogP contribution in [-0.2, 0) is 0 Å². The van der Waals surface area contributed by atoms with Crippen molar-refractivity contribution >= 4 is 0 Å². The third kappa shape index (κ3) is 3.00. The lowest BCUT2D eigenvalue weighted by molar-refractivity contribution is -0.0379. The Labute approximate surface area is 103 Å². The molecule has 0 aromatic rings. The van der Waals surface area contributed by atoms with Crippen molar-refractivity contribution in [2.24, 2.45) is 5.92 Å². The van der Waals surface area contributed by atoms with Crippen molar-refractivity contribution in [1.29, 1.82) is 0 Å². The van der Waals surface area contributed by atoms with Gasteiger partial charge in [0.25, 0.3) is 0 Å². The van der Waals surface area contributed by atoms with Crippen molar-refractivity contribution < 1.29 is 10.2 Å². The first-order valence-corrected chi connectivity index (χ1v) is 6.64. The molecule has 0 aromatic carbocycles. The Bertz CT molecular complexity index is 291. The first-order chi connectivity index (χ1) is 8.08. The molecule has 0 spiro atoms. The first kappa shape index (κ1) is 12.9. The second-order valence-corrected chi connectivity index (χ2v) is 5.51. The molecule has 0 amide bonds. The van der Waals surface area contributed by atoms with E-state index in [9.17, 15) is 10.2 Å². The molecule has 4 atom stereocenters. The number of rotatable bonds is 4. The van der Waals surface area contributed by atoms with Crippen molar-refractivity contribution in [2.75, 3.05) is 6.54 Å². The van der Waals surface area contributed by atoms with E-state index in [0.717, 1.165) is 19.4 Å². The molecule has 4 heteroatoms. The largest absolute Gasteiger partial charge is 0.390 e. The van der Waals surface area contributed by atoms with Gasteiger partial charge in [0.15, 0.2) is 0 Å². The summed E-state index contributed by atoms with van der Waals surface area (Å²) < 4.78 is 0. The standard InChI is InChI=1S/C13H24N2O2/c1-8(2)14-6-5-9-7-10-11(15-9)3-4-12(16)13(10)17/h7-8,10-17H,3-6H2,1-2H3. The summed E-state index contributed by atoms with van der Waals surface area (Å²) >= 11 is 0. The molecule has 0 bridgehead atoms. The maximum absolute atomic E-state index is 9.93. The van der Waals surface area contributed by atoms with E-state index in [4.69, 9.17) is 0 Å². The SMILES string of the molecule is CC(C)NCCC1=CC2C(CCC(O)C2O)N1. The van der Waals surface area contributed by atoms with Crippen molar-refractivity contribution in [3.8, 4) is 0 Å². The fourth-order valence-corrected chi connectivity index (χ4v) is 2.76. The summed E-state index contributed by atoms with van der Waals surface area (Å²) in [4.78, 5) is 0. The maximum Gasteiger partial charge on any atom is 0.0881 e. The molecule has 1 heterocycles. The minimum absolute atomic E-state index is 0.0906. The quantitative estimate of drug-likeness (QED) is 0.573. The van der Waals surface area contributed by atoms with Crippen LogP contribution >= 0.6 is 0 Å². The van der Waals surface area contributed by atoms with Gasteiger partial charge in [0.05, 0.1) is 12.2 Å². The average Bonchev–Trinajstić information content (AvgIpc) is 2.67. The Morgan fingerprint density at radius 1 is 1.41 bits per heavy atom. The topological polar surface area (TPSA) is 64.5 Å². The highest BCUT2D eigenvalue weighted by Gasteiger charge is 2.39. The minimum Gasteiger partial charge on any atom is -0.390 e. The number of hydrogen-bond acceptors (Lipinski definition) is 4. The summed E-state index contributed by atoms with van der Waals surface area (Å²) in [6.07, 6.45) is 3.56. The van der Waals surface area contributed by atoms with Gasteiger partial charge in [-0.15, -0.1) is 0 Å². The second kappa shape index (κ2) is 5.38. The number of nitrogens with one attached hydrogen (secondary N) is 2. The van der Waals surface area contributed by atoms with Gasteiger partial charge in [-0.25, -0.2) is 0 Å². The van der Waals surface area contributed by atoms with E-state index in [1.165, 1.54) is 5.70 Å². The normalized spacial score (nSPS) is 36.6. The van der Waals surface area contributed by atoms with Gasteiger partial charge in [0, 0.05) is 30.2 Å². The van der Waals surface area contributed by atoms with Crippen LogP contribution in [-0.4, -0.2) is 41.0 Å². The van der Waals surface area contributed by atoms with E-state index < -0.39 is 12.2 Å². The van der Waals surface area contributed by atoms with Crippen molar-refractivity contribution in [2.45, 2.75) is 57.4 Å². The van der Waals surface area contributed by atoms with Gasteiger partial charge in [-0.2, -0.15) is 0 Å². The van der Waals surface area contributed by atoms with E-state index in [-0.39, 0.29) is 5.92 Å². The summed E-state index contributed by atoms with van der Waals surface area (Å²) in [6.45, 7) is 5.22. The van der Waals surface area contributed by atoms with Crippen molar-refractivity contribution in [3.05, 3.63) is 11.8 Å². The minimum atomic E-state index is -0.600. The molecule has 4 unspecified atom stereocenters. The Morgan fingerprint density at radius 3 is 2.88 bits per heavy atom. The summed E-state index contributed by atoms with van der Waals surface area (Å²) in [5.74, 6) is 0.0906. The summed E-state index contributed by atoms with van der Waals surface area (Å²) in [7, 11) is 0. The molecular weight excluding hydrogens is 216 g/mol. The number of aliphatic hydroxyl groups excluding tert-OH is 2. The molecule has 1 fully saturated rings. The Morgan fingerprint density at radius 2 is 2.18 bits per heavy atom. The Balaban J connectivity index is 1.86. The molecule has 98 valence electrons. The molecular formula is C13H24N2O2. The van der Waals surface area contributed by atoms with E-state index in [0.29, 0.717) is 18.5 Å². The van der Waals surface area contributed by atoms with E-state index >= 15 is 0 Å². The lowest BCUT2D eigenvalue weighted by Gasteiger charge is -2.33. The van der Waals surface area contributed by atoms with E-state index in [1.807, 2.05) is 0 Å². The first-order valence-electron chi connectivity index (χ1n) is 6.64. The van der Waals surface area contributed by atoms with Gasteiger partial charge in [-0.3, -0.25) is 0 Å². The summed E-state index contributed by atoms with van der Waals surface area (Å²) in [5.41, 5.74) is 1.21. The van der Waals surface area contributed by atoms with Crippen LogP contribution in [0.3, 0.4) is 0 Å². The zero-order valence-corrected chi connectivity index (χ0v) is 10.7. The molecule has 17 heavy (non-hydrogen) atoms. The molecule has 1 aliphatic carbocycles. The second-order valence-electron chi connectivity index (χ2n) is 5.51. The fraction of sp³-hybridized carbons (Fsp3) is 0.846. The summed E-state index contributed by atoms with van der Waals surface area (Å²) in [5, 5.41) is 26.4. The molecule has 1 aliphatic heterocycles. The van der Waals surface area contributed by atoms with Crippen LogP contribution in [0.5, 0.6) is 0 Å². The van der Waals surface area contributed by atoms with Crippen LogP contribution < -0.4 is 10.6 Å². The molecule has 0 saturated heterocycles. The highest BCUT2D eigenvalue weighted by atomic mass is 16.3. The monoisotopic (exact) mass is 240 g/mol. The third-order valence-electron chi connectivity index (χ3n) is 3.74. The molecule has 0 radical (unpaired) electrons. The van der Waals surface area contributed by atoms with Crippen LogP contribution in [0.4, 0.5) is 0 Å². The lowest BCUT2D eigenvalue weighted by atomic mass is 9.82. The predicted molar refractivity (Wildman–Crippen MR) is 67.5 cm³/mol. The Hall–Kier alpha value is -0.580. The summed E-state index contributed by atoms with van der Waals surface area (Å²) in [6, 6.07) is 0.828. The lowest BCUT2D eigenvalue weighted by Crippen LogP contribution is -2.46. The average molecular weight is 240 g/mol. The van der Waals surface area contributed by atoms with E-state index in [1.54, 1.807) is 0 Å². The predicted octanol–water partition coefficient (Wildman–Crippen LogP) is 0.362. The van der Waals surface area contributed by atoms with Gasteiger partial charge >= 0.3 is 0 Å². The zero-order valence-electron chi connectivity index (χ0n) is 10.7. The van der Waals surface area contributed by atoms with Gasteiger partial charge in [-0.1, -0.05) is 19.9 Å². The molecule has 2 aliphatic rings. The number of fused-ring (bicyclic) bond motifs is 1. The molecule has 1 saturated carbocycles. The number of aliphatic hydroxyl groups is 2. The van der Waals surface area contributed by atoms with Crippen LogP contribution in [0.2, 0.25) is 0 Å². The van der Waals surface area contributed by atoms with Gasteiger partial charge in [0.2, 0.25) is 0 Å². The van der Waals surface area contributed by atoms with Crippen LogP contribution in [0.15, 0.2) is 11.8 Å². The molecule has 0 aromatic heterocycles. The van der Waals surface area contributed by atoms with Crippen LogP contribution in [0.25, 0.3) is 0 Å². The van der Waals surface area contributed by atoms with Gasteiger partial charge in [0.1, 0.15) is 0 Å². The van der Waals surface area contributed by atoms with Crippen LogP contribution in [0, 0.1) is 5.92 Å². The highest BCUT2D eigenvalue weighted by Crippen LogP contribution is 2.32. The molecule has 4 N–H and O–H groups in total. The van der Waals surface area contributed by atoms with Gasteiger partial charge in [-0.05, 0) is 19.3 Å². The smallest absolute Gasteiger partial charge is 0.0881 e. The van der Waals surface area contributed by atoms with Gasteiger partial charge < -0.3 is 20.8 Å². The highest BCUT2D eigenvalue weighted by molar-refractivity contribution is 5.17. The number of hydrogen-bond donors (Lipinski definition) is 4. The third-order valence-corrected chi connectivity index (χ3v) is 3.74. The van der Waals surface area contributed by atoms with Crippen molar-refractivity contribution in [3.63, 3.8) is 0 Å². The van der Waals surface area contributed by atoms with E-state index in [2.05, 4.69) is 30.6 Å². The maximum atomic E-state index is 9.93. The molecule has 4 nitrogen and oxygen atoms in total. The Kier molecular flexibility index (Phi) is 4.07. The molecule has 2 rings (SSSR count). The fourth-order valence-electron chi connectivity index (χ4n) is 2.76. The van der Waals surface area contributed by atoms with Crippen LogP contribution in [0.1, 0.15) is 33.1 Å².